The summed E-state index contributed by atoms with van der Waals surface area (Å²) < 4.78 is 21.6. The zero-order chi connectivity index (χ0) is 23.9. The molecular formula is C18H52N8P3+. The van der Waals surface area contributed by atoms with Crippen LogP contribution in [0.2, 0.25) is 0 Å². The van der Waals surface area contributed by atoms with Crippen LogP contribution < -0.4 is 4.74 Å². The summed E-state index contributed by atoms with van der Waals surface area (Å²) in [6.07, 6.45) is -3.20. The van der Waals surface area contributed by atoms with Crippen LogP contribution in [0.3, 0.4) is 0 Å². The predicted octanol–water partition coefficient (Wildman–Crippen LogP) is 2.27. The number of hydrogen-bond donors (Lipinski definition) is 1. The van der Waals surface area contributed by atoms with Gasteiger partial charge in [-0.05, 0) is 0 Å². The second-order valence-corrected chi connectivity index (χ2v) is 27.9. The van der Waals surface area contributed by atoms with Gasteiger partial charge in [-0.1, -0.05) is 0 Å². The summed E-state index contributed by atoms with van der Waals surface area (Å²) in [5.74, 6) is 0. The van der Waals surface area contributed by atoms with E-state index in [-0.39, 0.29) is 5.54 Å². The second-order valence-electron chi connectivity index (χ2n) is 10.2. The predicted molar refractivity (Wildman–Crippen MR) is 137 cm³/mol. The average molecular weight is 474 g/mol. The monoisotopic (exact) mass is 473 g/mol. The van der Waals surface area contributed by atoms with Crippen molar-refractivity contribution in [3.8, 4) is 0 Å². The molecule has 0 saturated heterocycles. The summed E-state index contributed by atoms with van der Waals surface area (Å²) in [5, 5.41) is 0. The maximum atomic E-state index is 3.93. The van der Waals surface area contributed by atoms with Crippen LogP contribution in [0.5, 0.6) is 0 Å². The molecule has 0 saturated carbocycles. The SMILES string of the molecule is CN(C)P(P=[NH+]C(C)(C)C)(N(C)C)(N(C)C)P(N(C)C)(N(C)C)(N(C)C)N(C)C. The van der Waals surface area contributed by atoms with Gasteiger partial charge in [0.1, 0.15) is 0 Å². The molecule has 0 spiro atoms. The van der Waals surface area contributed by atoms with Crippen LogP contribution in [0.1, 0.15) is 20.8 Å². The molecule has 0 atom stereocenters. The van der Waals surface area contributed by atoms with Gasteiger partial charge in [0.15, 0.2) is 0 Å². The maximum absolute atomic E-state index is 3.93. The quantitative estimate of drug-likeness (QED) is 0.515. The van der Waals surface area contributed by atoms with E-state index in [4.69, 9.17) is 0 Å². The first-order valence-corrected chi connectivity index (χ1v) is 16.5. The topological polar surface area (TPSA) is 36.7 Å². The van der Waals surface area contributed by atoms with E-state index in [1.807, 2.05) is 0 Å². The van der Waals surface area contributed by atoms with Crippen molar-refractivity contribution >= 4 is 21.4 Å². The van der Waals surface area contributed by atoms with E-state index in [0.29, 0.717) is 0 Å². The van der Waals surface area contributed by atoms with E-state index < -0.39 is 13.3 Å². The van der Waals surface area contributed by atoms with Gasteiger partial charge in [0.25, 0.3) is 0 Å². The molecule has 0 bridgehead atoms. The average Bonchev–Trinajstić information content (AvgIpc) is 2.47. The van der Waals surface area contributed by atoms with Crippen LogP contribution in [0.4, 0.5) is 0 Å². The summed E-state index contributed by atoms with van der Waals surface area (Å²) in [5.41, 5.74) is -0.0238. The first-order valence-electron chi connectivity index (χ1n) is 10.0. The van der Waals surface area contributed by atoms with Gasteiger partial charge in [0.2, 0.25) is 0 Å². The molecule has 178 valence electrons. The third-order valence-corrected chi connectivity index (χ3v) is 38.3. The number of hydrogen-bond acceptors (Lipinski definition) is 7. The Morgan fingerprint density at radius 1 is 0.483 bits per heavy atom. The summed E-state index contributed by atoms with van der Waals surface area (Å²) in [6, 6.07) is 0. The molecule has 0 aliphatic heterocycles. The van der Waals surface area contributed by atoms with Crippen molar-refractivity contribution in [2.45, 2.75) is 26.3 Å². The molecular weight excluding hydrogens is 421 g/mol. The molecule has 0 aliphatic rings. The van der Waals surface area contributed by atoms with E-state index in [2.05, 4.69) is 157 Å². The third kappa shape index (κ3) is 3.14. The van der Waals surface area contributed by atoms with E-state index in [1.165, 1.54) is 8.06 Å². The van der Waals surface area contributed by atoms with Crippen molar-refractivity contribution in [1.29, 1.82) is 0 Å². The Morgan fingerprint density at radius 3 is 0.862 bits per heavy atom. The van der Waals surface area contributed by atoms with Crippen molar-refractivity contribution in [3.63, 3.8) is 0 Å². The van der Waals surface area contributed by atoms with E-state index in [9.17, 15) is 0 Å². The Labute approximate surface area is 184 Å². The molecule has 0 fully saturated rings. The zero-order valence-corrected chi connectivity index (χ0v) is 25.2. The summed E-state index contributed by atoms with van der Waals surface area (Å²) in [7, 11) is 32.8. The minimum absolute atomic E-state index is 0.0238. The minimum atomic E-state index is -3.24. The van der Waals surface area contributed by atoms with Crippen LogP contribution in [0.15, 0.2) is 0 Å². The molecule has 11 heteroatoms. The molecule has 0 aromatic carbocycles. The van der Waals surface area contributed by atoms with Gasteiger partial charge < -0.3 is 0 Å². The molecule has 0 unspecified atom stereocenters. The van der Waals surface area contributed by atoms with Crippen LogP contribution in [-0.4, -0.2) is 137 Å². The molecule has 0 aliphatic carbocycles. The molecule has 0 aromatic heterocycles. The van der Waals surface area contributed by atoms with Crippen LogP contribution in [0, 0.1) is 0 Å². The van der Waals surface area contributed by atoms with E-state index in [1.54, 1.807) is 0 Å². The van der Waals surface area contributed by atoms with Gasteiger partial charge in [-0.3, -0.25) is 0 Å². The van der Waals surface area contributed by atoms with Crippen molar-refractivity contribution in [3.05, 3.63) is 0 Å². The van der Waals surface area contributed by atoms with Gasteiger partial charge >= 0.3 is 184 Å². The summed E-state index contributed by atoms with van der Waals surface area (Å²) in [6.45, 7) is 3.51. The Balaban J connectivity index is 8.58. The van der Waals surface area contributed by atoms with Crippen molar-refractivity contribution in [1.82, 2.24) is 32.7 Å². The van der Waals surface area contributed by atoms with Crippen molar-refractivity contribution < 1.29 is 4.74 Å². The zero-order valence-electron chi connectivity index (χ0n) is 22.5. The summed E-state index contributed by atoms with van der Waals surface area (Å²) >= 11 is 0. The summed E-state index contributed by atoms with van der Waals surface area (Å²) in [4.78, 5) is 0. The van der Waals surface area contributed by atoms with Crippen molar-refractivity contribution in [2.24, 2.45) is 0 Å². The molecule has 0 rings (SSSR count). The third-order valence-electron chi connectivity index (χ3n) is 6.21. The second kappa shape index (κ2) is 8.90. The Kier molecular flexibility index (Phi) is 9.11. The first kappa shape index (κ1) is 29.7. The Morgan fingerprint density at radius 2 is 0.724 bits per heavy atom. The van der Waals surface area contributed by atoms with Gasteiger partial charge in [-0.25, -0.2) is 0 Å². The number of nitrogens with one attached hydrogen (secondary N) is 1. The van der Waals surface area contributed by atoms with Gasteiger partial charge in [0.05, 0.1) is 0 Å². The molecule has 0 heterocycles. The van der Waals surface area contributed by atoms with Gasteiger partial charge in [0, 0.05) is 0 Å². The fourth-order valence-electron chi connectivity index (χ4n) is 6.05. The Bertz CT molecular complexity index is 526. The van der Waals surface area contributed by atoms with Crippen LogP contribution >= 0.6 is 21.4 Å². The normalized spacial score (nSPS) is 17.9. The molecule has 0 amide bonds. The van der Waals surface area contributed by atoms with Crippen LogP contribution in [0.25, 0.3) is 0 Å². The molecule has 8 nitrogen and oxygen atoms in total. The van der Waals surface area contributed by atoms with E-state index in [0.717, 1.165) is 0 Å². The molecule has 1 N–H and O–H groups in total. The van der Waals surface area contributed by atoms with Gasteiger partial charge in [-0.15, -0.1) is 0 Å². The Hall–Kier alpha value is 0.680. The van der Waals surface area contributed by atoms with Gasteiger partial charge in [-0.2, -0.15) is 0 Å². The fourth-order valence-corrected chi connectivity index (χ4v) is 42.7. The molecule has 0 aromatic rings. The molecule has 0 radical (unpaired) electrons. The number of nitrogens with zero attached hydrogens (tertiary/aromatic N) is 7. The standard InChI is InChI=1S/C18H51N8P3/c1-18(2,3)19-27-29(24(12)13,25(14)15,26(16)17)28(20(4)5,21(6)7,22(8)9)23(10)11/h1-17H3/p+1. The van der Waals surface area contributed by atoms with Crippen LogP contribution in [-0.2, 0) is 0 Å². The fraction of sp³-hybridized carbons (Fsp3) is 1.00. The van der Waals surface area contributed by atoms with Crippen molar-refractivity contribution in [2.75, 3.05) is 98.7 Å². The first-order chi connectivity index (χ1) is 12.8. The molecule has 29 heavy (non-hydrogen) atoms. The number of rotatable bonds is 9. The van der Waals surface area contributed by atoms with E-state index >= 15 is 0 Å².